The van der Waals surface area contributed by atoms with Gasteiger partial charge in [-0.15, -0.1) is 5.10 Å². The lowest BCUT2D eigenvalue weighted by atomic mass is 9.96. The quantitative estimate of drug-likeness (QED) is 0.134. The zero-order valence-corrected chi connectivity index (χ0v) is 26.1. The Morgan fingerprint density at radius 3 is 2.33 bits per heavy atom. The molecule has 3 heterocycles. The second kappa shape index (κ2) is 13.3. The van der Waals surface area contributed by atoms with Crippen molar-refractivity contribution in [3.8, 4) is 33.6 Å². The van der Waals surface area contributed by atoms with E-state index in [1.165, 1.54) is 0 Å². The van der Waals surface area contributed by atoms with Crippen LogP contribution in [0.3, 0.4) is 0 Å². The van der Waals surface area contributed by atoms with Crippen LogP contribution in [0.25, 0.3) is 44.8 Å². The first-order chi connectivity index (χ1) is 22.0. The number of aryl methyl sites for hydroxylation is 2. The second-order valence-corrected chi connectivity index (χ2v) is 11.1. The van der Waals surface area contributed by atoms with Crippen LogP contribution in [-0.2, 0) is 17.7 Å². The number of fused-ring (bicyclic) bond motifs is 1. The van der Waals surface area contributed by atoms with Crippen molar-refractivity contribution in [2.24, 2.45) is 0 Å². The summed E-state index contributed by atoms with van der Waals surface area (Å²) in [7, 11) is 0. The van der Waals surface area contributed by atoms with Gasteiger partial charge in [-0.1, -0.05) is 86.1 Å². The summed E-state index contributed by atoms with van der Waals surface area (Å²) in [6.45, 7) is 9.17. The van der Waals surface area contributed by atoms with Gasteiger partial charge in [0.1, 0.15) is 17.0 Å². The molecule has 0 saturated carbocycles. The molecular weight excluding hydrogens is 562 g/mol. The number of aldehydes is 1. The van der Waals surface area contributed by atoms with Crippen LogP contribution in [0.15, 0.2) is 78.9 Å². The molecule has 0 radical (unpaired) electrons. The fraction of sp³-hybridized carbons (Fsp3) is 0.278. The van der Waals surface area contributed by atoms with Crippen LogP contribution in [0.5, 0.6) is 0 Å². The zero-order valence-electron chi connectivity index (χ0n) is 26.1. The van der Waals surface area contributed by atoms with Gasteiger partial charge in [-0.3, -0.25) is 4.79 Å². The number of aromatic nitrogens is 7. The van der Waals surface area contributed by atoms with Crippen LogP contribution >= 0.6 is 0 Å². The molecule has 0 aliphatic heterocycles. The fourth-order valence-corrected chi connectivity index (χ4v) is 5.94. The molecule has 0 aliphatic rings. The number of rotatable bonds is 12. The van der Waals surface area contributed by atoms with Crippen LogP contribution < -0.4 is 0 Å². The first-order valence-corrected chi connectivity index (χ1v) is 15.5. The Balaban J connectivity index is 1.51. The third kappa shape index (κ3) is 5.91. The smallest absolute Gasteiger partial charge is 0.185 e. The molecule has 0 amide bonds. The van der Waals surface area contributed by atoms with E-state index < -0.39 is 0 Å². The SMILES string of the molecule is CCCCc1nc2c(C)c(-c3ccccc3)c(C=O)nc2n1Cc1ccc(-c2ccccc2)c(-c2nnnn2C(C)OCC)c1. The van der Waals surface area contributed by atoms with E-state index in [-0.39, 0.29) is 6.23 Å². The number of carbonyl (C=O) groups excluding carboxylic acids is 1. The van der Waals surface area contributed by atoms with Gasteiger partial charge in [0.25, 0.3) is 0 Å². The maximum absolute atomic E-state index is 12.4. The molecule has 0 saturated heterocycles. The lowest BCUT2D eigenvalue weighted by Crippen LogP contribution is -2.13. The molecule has 45 heavy (non-hydrogen) atoms. The van der Waals surface area contributed by atoms with Crippen molar-refractivity contribution in [1.29, 1.82) is 0 Å². The minimum Gasteiger partial charge on any atom is -0.357 e. The largest absolute Gasteiger partial charge is 0.357 e. The highest BCUT2D eigenvalue weighted by atomic mass is 16.5. The summed E-state index contributed by atoms with van der Waals surface area (Å²) in [5.41, 5.74) is 8.71. The van der Waals surface area contributed by atoms with E-state index in [4.69, 9.17) is 14.7 Å². The molecule has 3 aromatic heterocycles. The predicted molar refractivity (Wildman–Crippen MR) is 176 cm³/mol. The summed E-state index contributed by atoms with van der Waals surface area (Å²) in [5.74, 6) is 1.58. The maximum atomic E-state index is 12.4. The highest BCUT2D eigenvalue weighted by Gasteiger charge is 2.22. The van der Waals surface area contributed by atoms with E-state index in [1.807, 2.05) is 69.3 Å². The molecule has 1 atom stereocenters. The summed E-state index contributed by atoms with van der Waals surface area (Å²) < 4.78 is 9.74. The molecule has 6 rings (SSSR count). The van der Waals surface area contributed by atoms with Crippen molar-refractivity contribution in [2.75, 3.05) is 6.61 Å². The topological polar surface area (TPSA) is 101 Å². The van der Waals surface area contributed by atoms with Crippen molar-refractivity contribution in [2.45, 2.75) is 59.7 Å². The lowest BCUT2D eigenvalue weighted by Gasteiger charge is -2.17. The Morgan fingerprint density at radius 1 is 0.911 bits per heavy atom. The molecule has 0 N–H and O–H groups in total. The zero-order chi connectivity index (χ0) is 31.3. The van der Waals surface area contributed by atoms with Gasteiger partial charge in [0.15, 0.2) is 24.0 Å². The van der Waals surface area contributed by atoms with Crippen molar-refractivity contribution in [3.63, 3.8) is 0 Å². The van der Waals surface area contributed by atoms with E-state index >= 15 is 0 Å². The number of hydrogen-bond donors (Lipinski definition) is 0. The first-order valence-electron chi connectivity index (χ1n) is 15.5. The summed E-state index contributed by atoms with van der Waals surface area (Å²) in [6, 6.07) is 26.6. The van der Waals surface area contributed by atoms with Gasteiger partial charge in [0.2, 0.25) is 0 Å². The van der Waals surface area contributed by atoms with Crippen molar-refractivity contribution in [3.05, 3.63) is 102 Å². The molecule has 9 heteroatoms. The number of hydrogen-bond acceptors (Lipinski definition) is 7. The molecule has 0 spiro atoms. The number of carbonyl (C=O) groups is 1. The Hall–Kier alpha value is -5.02. The molecule has 6 aromatic rings. The third-order valence-corrected chi connectivity index (χ3v) is 8.16. The Kier molecular flexibility index (Phi) is 8.89. The summed E-state index contributed by atoms with van der Waals surface area (Å²) >= 11 is 0. The van der Waals surface area contributed by atoms with Gasteiger partial charge < -0.3 is 9.30 Å². The monoisotopic (exact) mass is 599 g/mol. The standard InChI is InChI=1S/C36H37N7O2/c1-5-7-18-32-38-34-24(3)33(28-16-12-9-13-17-28)31(23-44)37-36(34)42(32)22-26-19-20-29(27-14-10-8-11-15-27)30(21-26)35-39-40-41-43(35)25(4)45-6-2/h8-17,19-21,23,25H,5-7,18,22H2,1-4H3. The minimum atomic E-state index is -0.335. The van der Waals surface area contributed by atoms with Gasteiger partial charge >= 0.3 is 0 Å². The van der Waals surface area contributed by atoms with Crippen molar-refractivity contribution < 1.29 is 9.53 Å². The summed E-state index contributed by atoms with van der Waals surface area (Å²) in [5, 5.41) is 12.7. The normalized spacial score (nSPS) is 12.1. The molecular formula is C36H37N7O2. The minimum absolute atomic E-state index is 0.335. The predicted octanol–water partition coefficient (Wildman–Crippen LogP) is 7.49. The second-order valence-electron chi connectivity index (χ2n) is 11.1. The molecule has 1 unspecified atom stereocenters. The number of benzene rings is 3. The number of ether oxygens (including phenoxy) is 1. The first kappa shape index (κ1) is 30.0. The lowest BCUT2D eigenvalue weighted by molar-refractivity contribution is 0.0159. The van der Waals surface area contributed by atoms with Gasteiger partial charge in [-0.2, -0.15) is 4.68 Å². The van der Waals surface area contributed by atoms with E-state index in [9.17, 15) is 4.79 Å². The van der Waals surface area contributed by atoms with Gasteiger partial charge in [-0.25, -0.2) is 9.97 Å². The number of unbranched alkanes of at least 4 members (excludes halogenated alkanes) is 1. The molecule has 3 aromatic carbocycles. The summed E-state index contributed by atoms with van der Waals surface area (Å²) in [6.07, 6.45) is 3.36. The molecule has 0 aliphatic carbocycles. The Labute approximate surface area is 262 Å². The van der Waals surface area contributed by atoms with Crippen LogP contribution in [0, 0.1) is 6.92 Å². The average Bonchev–Trinajstić information content (AvgIpc) is 3.70. The Morgan fingerprint density at radius 2 is 1.64 bits per heavy atom. The van der Waals surface area contributed by atoms with Crippen LogP contribution in [-0.4, -0.2) is 47.6 Å². The number of tetrazole rings is 1. The van der Waals surface area contributed by atoms with Gasteiger partial charge in [0, 0.05) is 24.2 Å². The van der Waals surface area contributed by atoms with E-state index in [1.54, 1.807) is 4.68 Å². The molecule has 9 nitrogen and oxygen atoms in total. The van der Waals surface area contributed by atoms with E-state index in [2.05, 4.69) is 57.3 Å². The highest BCUT2D eigenvalue weighted by Crippen LogP contribution is 2.35. The maximum Gasteiger partial charge on any atom is 0.185 e. The summed E-state index contributed by atoms with van der Waals surface area (Å²) in [4.78, 5) is 22.5. The average molecular weight is 600 g/mol. The fourth-order valence-electron chi connectivity index (χ4n) is 5.94. The van der Waals surface area contributed by atoms with Crippen LogP contribution in [0.4, 0.5) is 0 Å². The van der Waals surface area contributed by atoms with Crippen molar-refractivity contribution >= 4 is 17.5 Å². The number of nitrogens with zero attached hydrogens (tertiary/aromatic N) is 7. The molecule has 228 valence electrons. The Bertz CT molecular complexity index is 1930. The van der Waals surface area contributed by atoms with E-state index in [0.29, 0.717) is 30.3 Å². The van der Waals surface area contributed by atoms with Crippen LogP contribution in [0.2, 0.25) is 0 Å². The highest BCUT2D eigenvalue weighted by molar-refractivity contribution is 5.94. The molecule has 0 fully saturated rings. The molecule has 0 bridgehead atoms. The van der Waals surface area contributed by atoms with Gasteiger partial charge in [-0.05, 0) is 71.5 Å². The van der Waals surface area contributed by atoms with E-state index in [0.717, 1.165) is 75.8 Å². The van der Waals surface area contributed by atoms with Crippen molar-refractivity contribution in [1.82, 2.24) is 34.7 Å². The van der Waals surface area contributed by atoms with Gasteiger partial charge in [0.05, 0.1) is 6.54 Å². The van der Waals surface area contributed by atoms with Crippen LogP contribution in [0.1, 0.15) is 67.3 Å². The number of imidazole rings is 1. The third-order valence-electron chi connectivity index (χ3n) is 8.16. The number of pyridine rings is 1.